The number of hydrogen-bond donors (Lipinski definition) is 0. The van der Waals surface area contributed by atoms with Gasteiger partial charge in [0.15, 0.2) is 0 Å². The average molecular weight is 434 g/mol. The van der Waals surface area contributed by atoms with Crippen LogP contribution in [0.25, 0.3) is 11.1 Å². The van der Waals surface area contributed by atoms with Gasteiger partial charge in [-0.2, -0.15) is 0 Å². The van der Waals surface area contributed by atoms with Gasteiger partial charge < -0.3 is 0 Å². The van der Waals surface area contributed by atoms with Gasteiger partial charge in [-0.3, -0.25) is 0 Å². The van der Waals surface area contributed by atoms with Gasteiger partial charge in [-0.25, -0.2) is 0 Å². The van der Waals surface area contributed by atoms with E-state index >= 15 is 0 Å². The van der Waals surface area contributed by atoms with E-state index < -0.39 is 21.3 Å². The summed E-state index contributed by atoms with van der Waals surface area (Å²) in [7, 11) is 0. The maximum absolute atomic E-state index is 2.50. The van der Waals surface area contributed by atoms with Crippen molar-refractivity contribution in [2.75, 3.05) is 0 Å². The number of hydrogen-bond acceptors (Lipinski definition) is 0. The van der Waals surface area contributed by atoms with Crippen molar-refractivity contribution >= 4 is 6.48 Å². The minimum atomic E-state index is -2.04. The normalized spacial score (nSPS) is 15.6. The second kappa shape index (κ2) is 6.93. The molecule has 2 aliphatic rings. The van der Waals surface area contributed by atoms with Crippen molar-refractivity contribution in [1.29, 1.82) is 0 Å². The molecule has 0 saturated heterocycles. The molecule has 0 bridgehead atoms. The van der Waals surface area contributed by atoms with E-state index in [1.165, 1.54) is 23.1 Å². The molecule has 0 nitrogen and oxygen atoms in total. The Labute approximate surface area is 172 Å². The van der Waals surface area contributed by atoms with Crippen molar-refractivity contribution < 1.29 is 21.3 Å². The average Bonchev–Trinajstić information content (AvgIpc) is 3.16. The SMILES string of the molecule is CC1=[C]([Zr](=[C](C)C)[c]2cccc3c2Cc2ccccc2-3)CC(C(C)(C)C)=C1. The van der Waals surface area contributed by atoms with Crippen molar-refractivity contribution in [3.8, 4) is 11.1 Å². The molecular formula is C26H30Zr. The number of rotatable bonds is 2. The minimum absolute atomic E-state index is 0.272. The molecule has 0 atom stereocenters. The molecule has 0 amide bonds. The molecule has 0 saturated carbocycles. The van der Waals surface area contributed by atoms with Crippen LogP contribution in [0.15, 0.2) is 63.0 Å². The van der Waals surface area contributed by atoms with Gasteiger partial charge in [0.2, 0.25) is 0 Å². The monoisotopic (exact) mass is 432 g/mol. The van der Waals surface area contributed by atoms with Crippen LogP contribution in [0.5, 0.6) is 0 Å². The third-order valence-corrected chi connectivity index (χ3v) is 13.9. The third kappa shape index (κ3) is 3.33. The van der Waals surface area contributed by atoms with Gasteiger partial charge >= 0.3 is 173 Å². The Bertz CT molecular complexity index is 1020. The second-order valence-corrected chi connectivity index (χ2v) is 16.4. The predicted molar refractivity (Wildman–Crippen MR) is 116 cm³/mol. The van der Waals surface area contributed by atoms with Gasteiger partial charge in [-0.1, -0.05) is 0 Å². The van der Waals surface area contributed by atoms with Gasteiger partial charge in [0.1, 0.15) is 0 Å². The van der Waals surface area contributed by atoms with Crippen molar-refractivity contribution in [1.82, 2.24) is 0 Å². The van der Waals surface area contributed by atoms with Crippen molar-refractivity contribution in [3.63, 3.8) is 0 Å². The number of fused-ring (bicyclic) bond motifs is 3. The van der Waals surface area contributed by atoms with Crippen LogP contribution < -0.4 is 3.27 Å². The second-order valence-electron chi connectivity index (χ2n) is 9.30. The maximum atomic E-state index is 2.50. The molecule has 0 fully saturated rings. The third-order valence-electron chi connectivity index (χ3n) is 6.12. The molecule has 4 rings (SSSR count). The van der Waals surface area contributed by atoms with Crippen LogP contribution in [0.4, 0.5) is 0 Å². The molecule has 2 aromatic rings. The van der Waals surface area contributed by atoms with Crippen LogP contribution >= 0.6 is 0 Å². The zero-order valence-electron chi connectivity index (χ0n) is 17.5. The molecule has 0 N–H and O–H groups in total. The summed E-state index contributed by atoms with van der Waals surface area (Å²) in [5.41, 5.74) is 9.52. The van der Waals surface area contributed by atoms with E-state index in [-0.39, 0.29) is 5.41 Å². The first-order valence-corrected chi connectivity index (χ1v) is 13.7. The quantitative estimate of drug-likeness (QED) is 0.441. The van der Waals surface area contributed by atoms with Gasteiger partial charge in [0.05, 0.1) is 0 Å². The number of benzene rings is 2. The topological polar surface area (TPSA) is 0 Å². The molecule has 1 heteroatoms. The Balaban J connectivity index is 1.82. The van der Waals surface area contributed by atoms with Crippen molar-refractivity contribution in [3.05, 3.63) is 74.1 Å². The Morgan fingerprint density at radius 1 is 0.889 bits per heavy atom. The molecule has 27 heavy (non-hydrogen) atoms. The zero-order chi connectivity index (χ0) is 19.3. The van der Waals surface area contributed by atoms with E-state index in [2.05, 4.69) is 90.1 Å². The summed E-state index contributed by atoms with van der Waals surface area (Å²) in [6.45, 7) is 14.2. The summed E-state index contributed by atoms with van der Waals surface area (Å²) in [5.74, 6) is 0. The molecular weight excluding hydrogens is 404 g/mol. The first-order chi connectivity index (χ1) is 12.8. The molecule has 0 unspecified atom stereocenters. The molecule has 138 valence electrons. The van der Waals surface area contributed by atoms with E-state index in [9.17, 15) is 0 Å². The summed E-state index contributed by atoms with van der Waals surface area (Å²) in [6.07, 6.45) is 4.81. The summed E-state index contributed by atoms with van der Waals surface area (Å²) in [6, 6.07) is 16.1. The summed E-state index contributed by atoms with van der Waals surface area (Å²) >= 11 is -2.04. The summed E-state index contributed by atoms with van der Waals surface area (Å²) < 4.78 is 5.20. The van der Waals surface area contributed by atoms with E-state index in [4.69, 9.17) is 0 Å². The standard InChI is InChI=1S/C13H9.C10H15.C3H6.Zr/c1-3-7-12-10(5-1)9-11-6-2-4-8-13(11)12;1-8-5-6-9(7-8)10(2,3)4;1-3-2;/h1-5,7-8H,9H2;7H,6H2,1-4H3;1-2H3;. The van der Waals surface area contributed by atoms with Crippen molar-refractivity contribution in [2.24, 2.45) is 5.41 Å². The molecule has 2 aromatic carbocycles. The van der Waals surface area contributed by atoms with Crippen LogP contribution in [0, 0.1) is 5.41 Å². The molecule has 0 aliphatic heterocycles. The molecule has 2 aliphatic carbocycles. The van der Waals surface area contributed by atoms with Crippen LogP contribution in [0.2, 0.25) is 0 Å². The Kier molecular flexibility index (Phi) is 4.88. The van der Waals surface area contributed by atoms with E-state index in [1.807, 2.05) is 0 Å². The predicted octanol–water partition coefficient (Wildman–Crippen LogP) is 6.36. The fourth-order valence-electron chi connectivity index (χ4n) is 4.62. The zero-order valence-corrected chi connectivity index (χ0v) is 20.0. The van der Waals surface area contributed by atoms with Crippen LogP contribution in [0.3, 0.4) is 0 Å². The Morgan fingerprint density at radius 2 is 1.59 bits per heavy atom. The fourth-order valence-corrected chi connectivity index (χ4v) is 12.2. The first-order valence-electron chi connectivity index (χ1n) is 10.1. The van der Waals surface area contributed by atoms with E-state index in [1.54, 1.807) is 26.5 Å². The van der Waals surface area contributed by atoms with Crippen LogP contribution in [-0.4, -0.2) is 3.21 Å². The van der Waals surface area contributed by atoms with Crippen LogP contribution in [-0.2, 0) is 27.7 Å². The summed E-state index contributed by atoms with van der Waals surface area (Å²) in [5, 5.41) is 0. The van der Waals surface area contributed by atoms with E-state index in [0.717, 1.165) is 6.42 Å². The Hall–Kier alpha value is -1.33. The summed E-state index contributed by atoms with van der Waals surface area (Å²) in [4.78, 5) is 0. The fraction of sp³-hybridized carbons (Fsp3) is 0.346. The molecule has 0 radical (unpaired) electrons. The first kappa shape index (κ1) is 19.0. The van der Waals surface area contributed by atoms with Gasteiger partial charge in [0.25, 0.3) is 0 Å². The molecule has 0 heterocycles. The van der Waals surface area contributed by atoms with Crippen LogP contribution in [0.1, 0.15) is 59.1 Å². The van der Waals surface area contributed by atoms with Gasteiger partial charge in [0, 0.05) is 0 Å². The molecule has 0 aromatic heterocycles. The van der Waals surface area contributed by atoms with Gasteiger partial charge in [-0.05, 0) is 0 Å². The number of allylic oxidation sites excluding steroid dienone is 4. The van der Waals surface area contributed by atoms with Gasteiger partial charge in [-0.15, -0.1) is 0 Å². The molecule has 0 spiro atoms. The Morgan fingerprint density at radius 3 is 2.26 bits per heavy atom. The van der Waals surface area contributed by atoms with Crippen molar-refractivity contribution in [2.45, 2.75) is 54.4 Å². The van der Waals surface area contributed by atoms with E-state index in [0.29, 0.717) is 0 Å².